The molecule has 0 unspecified atom stereocenters. The zero-order valence-corrected chi connectivity index (χ0v) is 11.2. The van der Waals surface area contributed by atoms with Crippen molar-refractivity contribution >= 4 is 5.82 Å². The Morgan fingerprint density at radius 2 is 2.00 bits per heavy atom. The molecule has 0 bridgehead atoms. The highest BCUT2D eigenvalue weighted by atomic mass is 19.1. The third kappa shape index (κ3) is 3.01. The van der Waals surface area contributed by atoms with Crippen molar-refractivity contribution < 1.29 is 4.39 Å². The van der Waals surface area contributed by atoms with Crippen LogP contribution in [0.1, 0.15) is 24.9 Å². The van der Waals surface area contributed by atoms with E-state index < -0.39 is 5.82 Å². The summed E-state index contributed by atoms with van der Waals surface area (Å²) in [7, 11) is 0. The molecular weight excluding hydrogens is 245 g/mol. The Morgan fingerprint density at radius 3 is 2.68 bits per heavy atom. The Bertz CT molecular complexity index is 585. The van der Waals surface area contributed by atoms with Crippen LogP contribution in [-0.4, -0.2) is 26.5 Å². The zero-order valence-electron chi connectivity index (χ0n) is 11.2. The number of aromatic nitrogens is 4. The largest absolute Gasteiger partial charge is 0.368 e. The summed E-state index contributed by atoms with van der Waals surface area (Å²) in [6, 6.07) is 1.71. The predicted octanol–water partition coefficient (Wildman–Crippen LogP) is 2.51. The molecule has 2 aromatic rings. The van der Waals surface area contributed by atoms with Gasteiger partial charge in [0.2, 0.25) is 0 Å². The zero-order chi connectivity index (χ0) is 13.8. The molecular formula is C13H16FN5. The SMILES string of the molecule is CCCNc1nc(-c2ccnc(C)n2)nc(C)c1F. The van der Waals surface area contributed by atoms with Crippen molar-refractivity contribution in [3.05, 3.63) is 29.6 Å². The minimum Gasteiger partial charge on any atom is -0.368 e. The summed E-state index contributed by atoms with van der Waals surface area (Å²) in [5, 5.41) is 2.96. The van der Waals surface area contributed by atoms with Crippen LogP contribution < -0.4 is 5.32 Å². The normalized spacial score (nSPS) is 10.5. The molecule has 2 heterocycles. The number of hydrogen-bond acceptors (Lipinski definition) is 5. The lowest BCUT2D eigenvalue weighted by atomic mass is 10.3. The Hall–Kier alpha value is -2.11. The Labute approximate surface area is 111 Å². The van der Waals surface area contributed by atoms with Crippen molar-refractivity contribution in [1.29, 1.82) is 0 Å². The molecule has 0 amide bonds. The van der Waals surface area contributed by atoms with E-state index in [1.807, 2.05) is 6.92 Å². The van der Waals surface area contributed by atoms with Crippen LogP contribution in [0, 0.1) is 19.7 Å². The molecule has 0 aliphatic rings. The lowest BCUT2D eigenvalue weighted by molar-refractivity contribution is 0.605. The highest BCUT2D eigenvalue weighted by Crippen LogP contribution is 2.19. The van der Waals surface area contributed by atoms with Crippen LogP contribution >= 0.6 is 0 Å². The third-order valence-corrected chi connectivity index (χ3v) is 2.56. The lowest BCUT2D eigenvalue weighted by Crippen LogP contribution is -2.08. The summed E-state index contributed by atoms with van der Waals surface area (Å²) in [6.45, 7) is 6.07. The molecule has 0 radical (unpaired) electrons. The first-order chi connectivity index (χ1) is 9.11. The Kier molecular flexibility index (Phi) is 3.99. The van der Waals surface area contributed by atoms with Gasteiger partial charge in [0, 0.05) is 12.7 Å². The van der Waals surface area contributed by atoms with Gasteiger partial charge in [-0.25, -0.2) is 24.3 Å². The van der Waals surface area contributed by atoms with Gasteiger partial charge in [0.15, 0.2) is 17.5 Å². The second-order valence-electron chi connectivity index (χ2n) is 4.21. The van der Waals surface area contributed by atoms with Gasteiger partial charge in [0.05, 0.1) is 5.69 Å². The Balaban J connectivity index is 2.44. The quantitative estimate of drug-likeness (QED) is 0.916. The van der Waals surface area contributed by atoms with E-state index in [-0.39, 0.29) is 5.82 Å². The van der Waals surface area contributed by atoms with Gasteiger partial charge in [-0.3, -0.25) is 0 Å². The number of aryl methyl sites for hydroxylation is 2. The van der Waals surface area contributed by atoms with Gasteiger partial charge in [-0.1, -0.05) is 6.92 Å². The molecule has 0 aliphatic heterocycles. The predicted molar refractivity (Wildman–Crippen MR) is 71.3 cm³/mol. The van der Waals surface area contributed by atoms with E-state index in [2.05, 4.69) is 25.3 Å². The van der Waals surface area contributed by atoms with E-state index in [4.69, 9.17) is 0 Å². The smallest absolute Gasteiger partial charge is 0.186 e. The molecule has 0 aliphatic carbocycles. The van der Waals surface area contributed by atoms with E-state index >= 15 is 0 Å². The molecule has 0 saturated heterocycles. The molecule has 0 atom stereocenters. The van der Waals surface area contributed by atoms with E-state index in [0.29, 0.717) is 29.6 Å². The summed E-state index contributed by atoms with van der Waals surface area (Å²) in [5.74, 6) is 0.845. The summed E-state index contributed by atoms with van der Waals surface area (Å²) < 4.78 is 13.9. The number of hydrogen-bond donors (Lipinski definition) is 1. The van der Waals surface area contributed by atoms with Gasteiger partial charge >= 0.3 is 0 Å². The van der Waals surface area contributed by atoms with Crippen molar-refractivity contribution in [2.45, 2.75) is 27.2 Å². The molecule has 0 aromatic carbocycles. The highest BCUT2D eigenvalue weighted by molar-refractivity contribution is 5.53. The molecule has 2 aromatic heterocycles. The van der Waals surface area contributed by atoms with Gasteiger partial charge in [-0.05, 0) is 26.3 Å². The summed E-state index contributed by atoms with van der Waals surface area (Å²) in [4.78, 5) is 16.6. The molecule has 19 heavy (non-hydrogen) atoms. The van der Waals surface area contributed by atoms with Gasteiger partial charge in [0.25, 0.3) is 0 Å². The Morgan fingerprint density at radius 1 is 1.21 bits per heavy atom. The molecule has 6 heteroatoms. The summed E-state index contributed by atoms with van der Waals surface area (Å²) in [6.07, 6.45) is 2.53. The minimum atomic E-state index is -0.414. The molecule has 100 valence electrons. The number of nitrogens with zero attached hydrogens (tertiary/aromatic N) is 4. The van der Waals surface area contributed by atoms with Gasteiger partial charge < -0.3 is 5.32 Å². The first kappa shape index (κ1) is 13.3. The van der Waals surface area contributed by atoms with Gasteiger partial charge in [0.1, 0.15) is 11.5 Å². The molecule has 5 nitrogen and oxygen atoms in total. The molecule has 0 spiro atoms. The van der Waals surface area contributed by atoms with Gasteiger partial charge in [-0.2, -0.15) is 0 Å². The topological polar surface area (TPSA) is 63.6 Å². The average molecular weight is 261 g/mol. The number of nitrogens with one attached hydrogen (secondary N) is 1. The number of anilines is 1. The van der Waals surface area contributed by atoms with E-state index in [0.717, 1.165) is 6.42 Å². The number of rotatable bonds is 4. The molecule has 1 N–H and O–H groups in total. The monoisotopic (exact) mass is 261 g/mol. The highest BCUT2D eigenvalue weighted by Gasteiger charge is 2.13. The molecule has 0 fully saturated rings. The fraction of sp³-hybridized carbons (Fsp3) is 0.385. The third-order valence-electron chi connectivity index (χ3n) is 2.56. The van der Waals surface area contributed by atoms with Crippen LogP contribution in [0.25, 0.3) is 11.5 Å². The standard InChI is InChI=1S/C13H16FN5/c1-4-6-16-13-11(14)8(2)17-12(19-13)10-5-7-15-9(3)18-10/h5,7H,4,6H2,1-3H3,(H,16,17,19). The van der Waals surface area contributed by atoms with Crippen molar-refractivity contribution in [3.63, 3.8) is 0 Å². The van der Waals surface area contributed by atoms with Crippen LogP contribution in [-0.2, 0) is 0 Å². The maximum Gasteiger partial charge on any atom is 0.186 e. The van der Waals surface area contributed by atoms with Crippen LogP contribution in [0.15, 0.2) is 12.3 Å². The second-order valence-corrected chi connectivity index (χ2v) is 4.21. The lowest BCUT2D eigenvalue weighted by Gasteiger charge is -2.09. The summed E-state index contributed by atoms with van der Waals surface area (Å²) in [5.41, 5.74) is 0.898. The van der Waals surface area contributed by atoms with Crippen LogP contribution in [0.2, 0.25) is 0 Å². The first-order valence-electron chi connectivity index (χ1n) is 6.20. The van der Waals surface area contributed by atoms with Crippen LogP contribution in [0.3, 0.4) is 0 Å². The average Bonchev–Trinajstić information content (AvgIpc) is 2.40. The molecule has 0 saturated carbocycles. The number of halogens is 1. The van der Waals surface area contributed by atoms with Crippen molar-refractivity contribution in [3.8, 4) is 11.5 Å². The van der Waals surface area contributed by atoms with Crippen molar-refractivity contribution in [1.82, 2.24) is 19.9 Å². The second kappa shape index (κ2) is 5.69. The summed E-state index contributed by atoms with van der Waals surface area (Å²) >= 11 is 0. The van der Waals surface area contributed by atoms with E-state index in [9.17, 15) is 4.39 Å². The van der Waals surface area contributed by atoms with Crippen molar-refractivity contribution in [2.75, 3.05) is 11.9 Å². The fourth-order valence-electron chi connectivity index (χ4n) is 1.62. The van der Waals surface area contributed by atoms with E-state index in [1.54, 1.807) is 26.1 Å². The maximum atomic E-state index is 13.9. The van der Waals surface area contributed by atoms with Crippen LogP contribution in [0.5, 0.6) is 0 Å². The minimum absolute atomic E-state index is 0.223. The van der Waals surface area contributed by atoms with E-state index in [1.165, 1.54) is 0 Å². The molecule has 2 rings (SSSR count). The van der Waals surface area contributed by atoms with Crippen molar-refractivity contribution in [2.24, 2.45) is 0 Å². The van der Waals surface area contributed by atoms with Crippen LogP contribution in [0.4, 0.5) is 10.2 Å². The maximum absolute atomic E-state index is 13.9. The van der Waals surface area contributed by atoms with Gasteiger partial charge in [-0.15, -0.1) is 0 Å². The first-order valence-corrected chi connectivity index (χ1v) is 6.20. The fourth-order valence-corrected chi connectivity index (χ4v) is 1.62.